The van der Waals surface area contributed by atoms with Gasteiger partial charge in [-0.15, -0.1) is 0 Å². The minimum Gasteiger partial charge on any atom is -0.166 e. The van der Waals surface area contributed by atoms with Gasteiger partial charge in [0.1, 0.15) is 0 Å². The Morgan fingerprint density at radius 1 is 1.06 bits per heavy atom. The zero-order chi connectivity index (χ0) is 14.1. The van der Waals surface area contributed by atoms with Crippen LogP contribution < -0.4 is 0 Å². The average Bonchev–Trinajstić information content (AvgIpc) is 2.24. The topological polar surface area (TPSA) is 0 Å². The van der Waals surface area contributed by atoms with E-state index in [2.05, 4.69) is 0 Å². The van der Waals surface area contributed by atoms with Crippen LogP contribution in [-0.4, -0.2) is 0 Å². The predicted octanol–water partition coefficient (Wildman–Crippen LogP) is 5.52. The fourth-order valence-corrected chi connectivity index (χ4v) is 1.99. The Morgan fingerprint density at radius 2 is 1.61 bits per heavy atom. The summed E-state index contributed by atoms with van der Waals surface area (Å²) in [6.07, 6.45) is -3.45. The molecule has 1 aromatic rings. The maximum absolute atomic E-state index is 13.1. The van der Waals surface area contributed by atoms with Crippen LogP contribution in [-0.2, 0) is 11.6 Å². The summed E-state index contributed by atoms with van der Waals surface area (Å²) in [6, 6.07) is 4.77. The Kier molecular flexibility index (Phi) is 4.14. The van der Waals surface area contributed by atoms with E-state index in [9.17, 15) is 13.2 Å². The molecular weight excluding hydrogens is 237 g/mol. The molecule has 1 aromatic carbocycles. The van der Waals surface area contributed by atoms with E-state index in [1.807, 2.05) is 19.9 Å². The smallest absolute Gasteiger partial charge is 0.166 e. The molecule has 102 valence electrons. The van der Waals surface area contributed by atoms with Crippen LogP contribution in [0.1, 0.15) is 63.6 Å². The van der Waals surface area contributed by atoms with E-state index in [1.54, 1.807) is 26.8 Å². The van der Waals surface area contributed by atoms with Crippen molar-refractivity contribution in [2.24, 2.45) is 0 Å². The van der Waals surface area contributed by atoms with Gasteiger partial charge in [0, 0.05) is 0 Å². The lowest BCUT2D eigenvalue weighted by Gasteiger charge is -2.25. The molecule has 0 heterocycles. The number of halogens is 3. The number of benzene rings is 1. The van der Waals surface area contributed by atoms with E-state index in [1.165, 1.54) is 6.07 Å². The van der Waals surface area contributed by atoms with Gasteiger partial charge in [0.2, 0.25) is 0 Å². The van der Waals surface area contributed by atoms with Gasteiger partial charge in [0.05, 0.1) is 5.56 Å². The van der Waals surface area contributed by atoms with Crippen molar-refractivity contribution in [3.05, 3.63) is 34.9 Å². The van der Waals surface area contributed by atoms with Crippen molar-refractivity contribution in [3.8, 4) is 0 Å². The summed E-state index contributed by atoms with van der Waals surface area (Å²) in [6.45, 7) is 9.35. The van der Waals surface area contributed by atoms with E-state index < -0.39 is 17.2 Å². The van der Waals surface area contributed by atoms with Gasteiger partial charge in [-0.1, -0.05) is 46.8 Å². The lowest BCUT2D eigenvalue weighted by molar-refractivity contribution is -0.138. The van der Waals surface area contributed by atoms with Crippen LogP contribution in [0.2, 0.25) is 0 Å². The summed E-state index contributed by atoms with van der Waals surface area (Å²) in [5.74, 6) is 0.153. The summed E-state index contributed by atoms with van der Waals surface area (Å²) in [5, 5.41) is 0. The van der Waals surface area contributed by atoms with Gasteiger partial charge in [-0.2, -0.15) is 13.2 Å². The minimum atomic E-state index is -4.29. The molecule has 0 spiro atoms. The molecular formula is C15H21F3. The van der Waals surface area contributed by atoms with Crippen molar-refractivity contribution in [2.45, 2.75) is 58.5 Å². The third-order valence-corrected chi connectivity index (χ3v) is 3.34. The Morgan fingerprint density at radius 3 is 2.00 bits per heavy atom. The highest BCUT2D eigenvalue weighted by molar-refractivity contribution is 5.39. The number of alkyl halides is 3. The van der Waals surface area contributed by atoms with Gasteiger partial charge >= 0.3 is 6.18 Å². The Hall–Kier alpha value is -0.990. The van der Waals surface area contributed by atoms with E-state index >= 15 is 0 Å². The molecule has 1 atom stereocenters. The van der Waals surface area contributed by atoms with Gasteiger partial charge in [-0.3, -0.25) is 0 Å². The van der Waals surface area contributed by atoms with E-state index in [0.717, 1.165) is 12.0 Å². The maximum atomic E-state index is 13.1. The van der Waals surface area contributed by atoms with Crippen molar-refractivity contribution in [1.82, 2.24) is 0 Å². The van der Waals surface area contributed by atoms with Gasteiger partial charge in [-0.25, -0.2) is 0 Å². The van der Waals surface area contributed by atoms with Gasteiger partial charge in [0.15, 0.2) is 0 Å². The summed E-state index contributed by atoms with van der Waals surface area (Å²) < 4.78 is 39.4. The highest BCUT2D eigenvalue weighted by atomic mass is 19.4. The molecule has 1 unspecified atom stereocenters. The first-order valence-electron chi connectivity index (χ1n) is 6.29. The number of hydrogen-bond donors (Lipinski definition) is 0. The van der Waals surface area contributed by atoms with Gasteiger partial charge in [0.25, 0.3) is 0 Å². The normalized spacial score (nSPS) is 14.7. The van der Waals surface area contributed by atoms with Crippen LogP contribution in [0, 0.1) is 0 Å². The molecule has 0 radical (unpaired) electrons. The summed E-state index contributed by atoms with van der Waals surface area (Å²) >= 11 is 0. The lowest BCUT2D eigenvalue weighted by Crippen LogP contribution is -2.20. The first kappa shape index (κ1) is 15.1. The van der Waals surface area contributed by atoms with Crippen molar-refractivity contribution in [1.29, 1.82) is 0 Å². The number of hydrogen-bond acceptors (Lipinski definition) is 0. The highest BCUT2D eigenvalue weighted by Crippen LogP contribution is 2.39. The van der Waals surface area contributed by atoms with Crippen LogP contribution in [0.15, 0.2) is 18.2 Å². The van der Waals surface area contributed by atoms with Crippen molar-refractivity contribution < 1.29 is 13.2 Å². The van der Waals surface area contributed by atoms with Crippen LogP contribution in [0.5, 0.6) is 0 Å². The molecule has 3 heteroatoms. The molecule has 0 nitrogen and oxygen atoms in total. The van der Waals surface area contributed by atoms with Gasteiger partial charge in [-0.05, 0) is 34.9 Å². The van der Waals surface area contributed by atoms with Crippen LogP contribution >= 0.6 is 0 Å². The third-order valence-electron chi connectivity index (χ3n) is 3.34. The van der Waals surface area contributed by atoms with Crippen LogP contribution in [0.3, 0.4) is 0 Å². The standard InChI is InChI=1S/C15H21F3/c1-6-10(2)11-7-8-12(14(3,4)5)13(9-11)15(16,17)18/h7-10H,6H2,1-5H3. The molecule has 0 aliphatic rings. The Bertz CT molecular complexity index is 411. The van der Waals surface area contributed by atoms with Gasteiger partial charge < -0.3 is 0 Å². The summed E-state index contributed by atoms with van der Waals surface area (Å²) in [7, 11) is 0. The zero-order valence-corrected chi connectivity index (χ0v) is 11.7. The first-order chi connectivity index (χ1) is 8.07. The number of rotatable bonds is 2. The van der Waals surface area contributed by atoms with E-state index in [0.29, 0.717) is 5.56 Å². The SMILES string of the molecule is CCC(C)c1ccc(C(C)(C)C)c(C(F)(F)F)c1. The second-order valence-corrected chi connectivity index (χ2v) is 5.86. The third kappa shape index (κ3) is 3.27. The van der Waals surface area contributed by atoms with Crippen molar-refractivity contribution in [2.75, 3.05) is 0 Å². The van der Waals surface area contributed by atoms with E-state index in [-0.39, 0.29) is 5.92 Å². The molecule has 0 bridgehead atoms. The molecule has 0 aliphatic carbocycles. The first-order valence-corrected chi connectivity index (χ1v) is 6.29. The predicted molar refractivity (Wildman–Crippen MR) is 68.9 cm³/mol. The molecule has 0 N–H and O–H groups in total. The second-order valence-electron chi connectivity index (χ2n) is 5.86. The van der Waals surface area contributed by atoms with Crippen molar-refractivity contribution >= 4 is 0 Å². The molecule has 0 fully saturated rings. The largest absolute Gasteiger partial charge is 0.416 e. The molecule has 1 rings (SSSR count). The molecule has 0 aromatic heterocycles. The van der Waals surface area contributed by atoms with E-state index in [4.69, 9.17) is 0 Å². The van der Waals surface area contributed by atoms with Crippen LogP contribution in [0.25, 0.3) is 0 Å². The minimum absolute atomic E-state index is 0.153. The molecule has 0 saturated heterocycles. The average molecular weight is 258 g/mol. The second kappa shape index (κ2) is 4.94. The fraction of sp³-hybridized carbons (Fsp3) is 0.600. The summed E-state index contributed by atoms with van der Waals surface area (Å²) in [5.41, 5.74) is 0.131. The monoisotopic (exact) mass is 258 g/mol. The quantitative estimate of drug-likeness (QED) is 0.655. The Labute approximate surface area is 107 Å². The lowest BCUT2D eigenvalue weighted by atomic mass is 9.81. The molecule has 0 aliphatic heterocycles. The van der Waals surface area contributed by atoms with Crippen molar-refractivity contribution in [3.63, 3.8) is 0 Å². The molecule has 18 heavy (non-hydrogen) atoms. The Balaban J connectivity index is 3.40. The molecule has 0 saturated carbocycles. The maximum Gasteiger partial charge on any atom is 0.416 e. The van der Waals surface area contributed by atoms with Crippen LogP contribution in [0.4, 0.5) is 13.2 Å². The summed E-state index contributed by atoms with van der Waals surface area (Å²) in [4.78, 5) is 0. The fourth-order valence-electron chi connectivity index (χ4n) is 1.99. The zero-order valence-electron chi connectivity index (χ0n) is 11.7. The highest BCUT2D eigenvalue weighted by Gasteiger charge is 2.36. The molecule has 0 amide bonds.